The van der Waals surface area contributed by atoms with E-state index < -0.39 is 0 Å². The van der Waals surface area contributed by atoms with Crippen molar-refractivity contribution in [2.75, 3.05) is 6.61 Å². The molecule has 0 aliphatic heterocycles. The maximum atomic E-state index is 12.8. The van der Waals surface area contributed by atoms with Gasteiger partial charge >= 0.3 is 0 Å². The lowest BCUT2D eigenvalue weighted by Crippen LogP contribution is -2.02. The van der Waals surface area contributed by atoms with Gasteiger partial charge in [0.15, 0.2) is 5.78 Å². The minimum Gasteiger partial charge on any atom is -0.493 e. The minimum absolute atomic E-state index is 0.115. The molecule has 1 aromatic rings. The fraction of sp³-hybridized carbons (Fsp3) is 0.364. The van der Waals surface area contributed by atoms with Crippen molar-refractivity contribution in [3.05, 3.63) is 29.6 Å². The van der Waals surface area contributed by atoms with E-state index >= 15 is 0 Å². The van der Waals surface area contributed by atoms with Crippen LogP contribution in [0.25, 0.3) is 0 Å². The summed E-state index contributed by atoms with van der Waals surface area (Å²) in [5.74, 6) is -0.170. The molecule has 0 saturated heterocycles. The standard InChI is InChI=1S/C11H13FO2/c1-3-6-14-11-7-9(12)4-5-10(11)8(2)13/h4-5,7H,3,6H2,1-2H3. The van der Waals surface area contributed by atoms with Crippen LogP contribution in [-0.2, 0) is 0 Å². The predicted molar refractivity (Wildman–Crippen MR) is 52.2 cm³/mol. The molecule has 0 unspecified atom stereocenters. The number of carbonyl (C=O) groups excluding carboxylic acids is 1. The molecule has 0 amide bonds. The van der Waals surface area contributed by atoms with Crippen LogP contribution < -0.4 is 4.74 Å². The third-order valence-electron chi connectivity index (χ3n) is 1.78. The first-order valence-corrected chi connectivity index (χ1v) is 4.58. The molecular weight excluding hydrogens is 183 g/mol. The Morgan fingerprint density at radius 1 is 1.50 bits per heavy atom. The molecule has 0 fully saturated rings. The molecule has 0 N–H and O–H groups in total. The highest BCUT2D eigenvalue weighted by atomic mass is 19.1. The maximum Gasteiger partial charge on any atom is 0.163 e. The molecule has 0 atom stereocenters. The van der Waals surface area contributed by atoms with Crippen LogP contribution in [0.3, 0.4) is 0 Å². The molecule has 2 nitrogen and oxygen atoms in total. The summed E-state index contributed by atoms with van der Waals surface area (Å²) in [6.45, 7) is 3.88. The Hall–Kier alpha value is -1.38. The topological polar surface area (TPSA) is 26.3 Å². The molecular formula is C11H13FO2. The molecule has 1 rings (SSSR count). The number of halogens is 1. The molecule has 0 saturated carbocycles. The molecule has 76 valence electrons. The van der Waals surface area contributed by atoms with Crippen molar-refractivity contribution in [2.45, 2.75) is 20.3 Å². The number of carbonyl (C=O) groups is 1. The van der Waals surface area contributed by atoms with Gasteiger partial charge in [0.2, 0.25) is 0 Å². The van der Waals surface area contributed by atoms with Crippen molar-refractivity contribution in [2.24, 2.45) is 0 Å². The van der Waals surface area contributed by atoms with Crippen LogP contribution in [-0.4, -0.2) is 12.4 Å². The van der Waals surface area contributed by atoms with Gasteiger partial charge in [0.25, 0.3) is 0 Å². The molecule has 0 spiro atoms. The van der Waals surface area contributed by atoms with Crippen LogP contribution in [0.5, 0.6) is 5.75 Å². The Morgan fingerprint density at radius 3 is 2.79 bits per heavy atom. The first kappa shape index (κ1) is 10.7. The molecule has 0 bridgehead atoms. The van der Waals surface area contributed by atoms with E-state index in [4.69, 9.17) is 4.74 Å². The number of ketones is 1. The largest absolute Gasteiger partial charge is 0.493 e. The summed E-state index contributed by atoms with van der Waals surface area (Å²) in [5, 5.41) is 0. The van der Waals surface area contributed by atoms with Gasteiger partial charge in [0.05, 0.1) is 12.2 Å². The molecule has 0 aromatic heterocycles. The van der Waals surface area contributed by atoms with Gasteiger partial charge in [-0.05, 0) is 25.5 Å². The van der Waals surface area contributed by atoms with Crippen molar-refractivity contribution in [3.8, 4) is 5.75 Å². The number of Topliss-reactive ketones (excluding diaryl/α,β-unsaturated/α-hetero) is 1. The van der Waals surface area contributed by atoms with Crippen molar-refractivity contribution >= 4 is 5.78 Å². The van der Waals surface area contributed by atoms with Crippen LogP contribution in [0, 0.1) is 5.82 Å². The number of ether oxygens (including phenoxy) is 1. The van der Waals surface area contributed by atoms with Crippen molar-refractivity contribution < 1.29 is 13.9 Å². The summed E-state index contributed by atoms with van der Waals surface area (Å²) in [6, 6.07) is 3.95. The Balaban J connectivity index is 2.97. The smallest absolute Gasteiger partial charge is 0.163 e. The normalized spacial score (nSPS) is 9.93. The van der Waals surface area contributed by atoms with Crippen molar-refractivity contribution in [1.29, 1.82) is 0 Å². The Kier molecular flexibility index (Phi) is 3.63. The second kappa shape index (κ2) is 4.74. The maximum absolute atomic E-state index is 12.8. The number of hydrogen-bond donors (Lipinski definition) is 0. The highest BCUT2D eigenvalue weighted by Gasteiger charge is 2.08. The third kappa shape index (κ3) is 2.55. The van der Waals surface area contributed by atoms with Crippen LogP contribution in [0.15, 0.2) is 18.2 Å². The summed E-state index contributed by atoms with van der Waals surface area (Å²) < 4.78 is 18.1. The highest BCUT2D eigenvalue weighted by molar-refractivity contribution is 5.96. The van der Waals surface area contributed by atoms with E-state index in [9.17, 15) is 9.18 Å². The fourth-order valence-corrected chi connectivity index (χ4v) is 1.12. The molecule has 1 aromatic carbocycles. The fourth-order valence-electron chi connectivity index (χ4n) is 1.12. The Morgan fingerprint density at radius 2 is 2.21 bits per heavy atom. The summed E-state index contributed by atoms with van der Waals surface area (Å²) in [7, 11) is 0. The zero-order chi connectivity index (χ0) is 10.6. The van der Waals surface area contributed by atoms with E-state index in [0.717, 1.165) is 6.42 Å². The summed E-state index contributed by atoms with van der Waals surface area (Å²) in [5.41, 5.74) is 0.430. The summed E-state index contributed by atoms with van der Waals surface area (Å²) in [6.07, 6.45) is 0.827. The van der Waals surface area contributed by atoms with E-state index in [1.807, 2.05) is 6.92 Å². The van der Waals surface area contributed by atoms with Gasteiger partial charge < -0.3 is 4.74 Å². The van der Waals surface area contributed by atoms with E-state index in [-0.39, 0.29) is 11.6 Å². The third-order valence-corrected chi connectivity index (χ3v) is 1.78. The second-order valence-corrected chi connectivity index (χ2v) is 3.05. The van der Waals surface area contributed by atoms with E-state index in [1.54, 1.807) is 0 Å². The van der Waals surface area contributed by atoms with Gasteiger partial charge in [0, 0.05) is 6.07 Å². The summed E-state index contributed by atoms with van der Waals surface area (Å²) in [4.78, 5) is 11.1. The molecule has 3 heteroatoms. The van der Waals surface area contributed by atoms with Gasteiger partial charge in [-0.1, -0.05) is 6.92 Å². The van der Waals surface area contributed by atoms with E-state index in [0.29, 0.717) is 17.9 Å². The average molecular weight is 196 g/mol. The number of rotatable bonds is 4. The van der Waals surface area contributed by atoms with Gasteiger partial charge in [-0.3, -0.25) is 4.79 Å². The monoisotopic (exact) mass is 196 g/mol. The molecule has 0 aliphatic carbocycles. The first-order valence-electron chi connectivity index (χ1n) is 4.58. The van der Waals surface area contributed by atoms with Crippen LogP contribution in [0.1, 0.15) is 30.6 Å². The molecule has 0 aliphatic rings. The quantitative estimate of drug-likeness (QED) is 0.692. The Labute approximate surface area is 82.7 Å². The molecule has 0 radical (unpaired) electrons. The average Bonchev–Trinajstić information content (AvgIpc) is 2.14. The van der Waals surface area contributed by atoms with Crippen molar-refractivity contribution in [1.82, 2.24) is 0 Å². The lowest BCUT2D eigenvalue weighted by atomic mass is 10.1. The van der Waals surface area contributed by atoms with Gasteiger partial charge in [-0.2, -0.15) is 0 Å². The van der Waals surface area contributed by atoms with E-state index in [2.05, 4.69) is 0 Å². The highest BCUT2D eigenvalue weighted by Crippen LogP contribution is 2.20. The number of hydrogen-bond acceptors (Lipinski definition) is 2. The van der Waals surface area contributed by atoms with Crippen LogP contribution in [0.2, 0.25) is 0 Å². The number of benzene rings is 1. The van der Waals surface area contributed by atoms with Crippen molar-refractivity contribution in [3.63, 3.8) is 0 Å². The zero-order valence-electron chi connectivity index (χ0n) is 8.34. The second-order valence-electron chi connectivity index (χ2n) is 3.05. The summed E-state index contributed by atoms with van der Waals surface area (Å²) >= 11 is 0. The van der Waals surface area contributed by atoms with Gasteiger partial charge in [-0.15, -0.1) is 0 Å². The molecule has 14 heavy (non-hydrogen) atoms. The van der Waals surface area contributed by atoms with E-state index in [1.165, 1.54) is 25.1 Å². The predicted octanol–water partition coefficient (Wildman–Crippen LogP) is 2.82. The molecule has 0 heterocycles. The van der Waals surface area contributed by atoms with Crippen LogP contribution in [0.4, 0.5) is 4.39 Å². The van der Waals surface area contributed by atoms with Gasteiger partial charge in [-0.25, -0.2) is 4.39 Å². The lowest BCUT2D eigenvalue weighted by molar-refractivity contribution is 0.101. The van der Waals surface area contributed by atoms with Crippen LogP contribution >= 0.6 is 0 Å². The minimum atomic E-state index is -0.388. The first-order chi connectivity index (χ1) is 6.65. The Bertz CT molecular complexity index is 334. The lowest BCUT2D eigenvalue weighted by Gasteiger charge is -2.08. The zero-order valence-corrected chi connectivity index (χ0v) is 8.34. The van der Waals surface area contributed by atoms with Gasteiger partial charge in [0.1, 0.15) is 11.6 Å². The SMILES string of the molecule is CCCOc1cc(F)ccc1C(C)=O.